The van der Waals surface area contributed by atoms with Crippen molar-refractivity contribution in [2.24, 2.45) is 9.98 Å². The maximum atomic E-state index is 11.8. The van der Waals surface area contributed by atoms with Crippen molar-refractivity contribution in [2.75, 3.05) is 25.5 Å². The van der Waals surface area contributed by atoms with E-state index in [0.29, 0.717) is 11.6 Å². The van der Waals surface area contributed by atoms with Gasteiger partial charge in [0.15, 0.2) is 0 Å². The lowest BCUT2D eigenvalue weighted by Gasteiger charge is -2.32. The minimum atomic E-state index is -3.46. The molecule has 1 heterocycles. The number of guanidine groups is 1. The summed E-state index contributed by atoms with van der Waals surface area (Å²) < 4.78 is 25.8. The second-order valence-electron chi connectivity index (χ2n) is 5.98. The van der Waals surface area contributed by atoms with Gasteiger partial charge in [-0.2, -0.15) is 0 Å². The Balaban J connectivity index is 2.08. The molecule has 0 saturated carbocycles. The predicted molar refractivity (Wildman–Crippen MR) is 108 cm³/mol. The number of aliphatic imine (C=N–C) groups is 2. The quantitative estimate of drug-likeness (QED) is 0.355. The van der Waals surface area contributed by atoms with Crippen molar-refractivity contribution in [3.05, 3.63) is 24.3 Å². The molecule has 1 aromatic rings. The lowest BCUT2D eigenvalue weighted by Crippen LogP contribution is -2.51. The number of aliphatic hydroxyl groups is 1. The number of halogens is 1. The summed E-state index contributed by atoms with van der Waals surface area (Å²) in [7, 11) is -2.09. The highest BCUT2D eigenvalue weighted by atomic mass is 79.9. The molecule has 4 N–H and O–H groups in total. The van der Waals surface area contributed by atoms with Crippen LogP contribution in [0.3, 0.4) is 0 Å². The second kappa shape index (κ2) is 9.05. The minimum Gasteiger partial charge on any atom is -0.396 e. The number of alkyl halides is 1. The van der Waals surface area contributed by atoms with Gasteiger partial charge in [-0.3, -0.25) is 5.32 Å². The zero-order chi connectivity index (χ0) is 19.2. The van der Waals surface area contributed by atoms with E-state index in [1.54, 1.807) is 18.3 Å². The Bertz CT molecular complexity index is 767. The standard InChI is InChI=1S/C16H24BrN5O3S/c1-16(20-9-3-4-10-23)14(17)11-19-15(22-16)21-12-5-7-13(8-6-12)26(24,25)18-2/h5-8,11,14,18,20,23H,3-4,9-10H2,1-2H3,(H,21,22). The summed E-state index contributed by atoms with van der Waals surface area (Å²) in [4.78, 5) is 9.04. The van der Waals surface area contributed by atoms with Crippen LogP contribution in [0.15, 0.2) is 39.1 Å². The maximum Gasteiger partial charge on any atom is 0.240 e. The molecular weight excluding hydrogens is 422 g/mol. The van der Waals surface area contributed by atoms with Gasteiger partial charge in [-0.15, -0.1) is 0 Å². The van der Waals surface area contributed by atoms with Crippen LogP contribution < -0.4 is 15.4 Å². The van der Waals surface area contributed by atoms with E-state index in [1.807, 2.05) is 6.92 Å². The summed E-state index contributed by atoms with van der Waals surface area (Å²) in [5.41, 5.74) is 0.112. The zero-order valence-electron chi connectivity index (χ0n) is 14.7. The van der Waals surface area contributed by atoms with Gasteiger partial charge in [0.2, 0.25) is 16.0 Å². The molecule has 0 saturated heterocycles. The van der Waals surface area contributed by atoms with Crippen molar-refractivity contribution in [3.8, 4) is 0 Å². The first-order valence-electron chi connectivity index (χ1n) is 8.25. The third kappa shape index (κ3) is 5.34. The fraction of sp³-hybridized carbons (Fsp3) is 0.500. The lowest BCUT2D eigenvalue weighted by molar-refractivity contribution is 0.279. The summed E-state index contributed by atoms with van der Waals surface area (Å²) in [5.74, 6) is 0.432. The molecule has 1 aromatic carbocycles. The number of nitrogens with zero attached hydrogens (tertiary/aromatic N) is 2. The Hall–Kier alpha value is -1.33. The Morgan fingerprint density at radius 1 is 1.27 bits per heavy atom. The van der Waals surface area contributed by atoms with Crippen molar-refractivity contribution in [1.29, 1.82) is 0 Å². The average Bonchev–Trinajstić information content (AvgIpc) is 2.62. The van der Waals surface area contributed by atoms with E-state index in [4.69, 9.17) is 5.11 Å². The maximum absolute atomic E-state index is 11.8. The normalized spacial score (nSPS) is 22.9. The van der Waals surface area contributed by atoms with Gasteiger partial charge in [0.25, 0.3) is 0 Å². The van der Waals surface area contributed by atoms with Crippen LogP contribution in [-0.2, 0) is 10.0 Å². The molecule has 8 nitrogen and oxygen atoms in total. The number of nitrogens with one attached hydrogen (secondary N) is 3. The molecule has 0 bridgehead atoms. The number of anilines is 1. The van der Waals surface area contributed by atoms with Crippen LogP contribution in [-0.4, -0.2) is 56.4 Å². The van der Waals surface area contributed by atoms with Crippen LogP contribution in [0.1, 0.15) is 19.8 Å². The van der Waals surface area contributed by atoms with E-state index in [9.17, 15) is 8.42 Å². The molecule has 0 spiro atoms. The van der Waals surface area contributed by atoms with E-state index >= 15 is 0 Å². The van der Waals surface area contributed by atoms with Gasteiger partial charge in [0.1, 0.15) is 5.66 Å². The zero-order valence-corrected chi connectivity index (χ0v) is 17.1. The van der Waals surface area contributed by atoms with Crippen LogP contribution in [0.2, 0.25) is 0 Å². The van der Waals surface area contributed by atoms with E-state index in [-0.39, 0.29) is 16.3 Å². The Labute approximate surface area is 162 Å². The molecule has 0 aromatic heterocycles. The Morgan fingerprint density at radius 3 is 2.58 bits per heavy atom. The van der Waals surface area contributed by atoms with Crippen LogP contribution in [0.5, 0.6) is 0 Å². The molecule has 144 valence electrons. The molecule has 2 unspecified atom stereocenters. The molecule has 2 rings (SSSR count). The van der Waals surface area contributed by atoms with Gasteiger partial charge in [-0.05, 0) is 57.6 Å². The first kappa shape index (κ1) is 21.0. The largest absolute Gasteiger partial charge is 0.396 e. The van der Waals surface area contributed by atoms with E-state index in [2.05, 4.69) is 41.3 Å². The highest BCUT2D eigenvalue weighted by Gasteiger charge is 2.33. The van der Waals surface area contributed by atoms with Crippen LogP contribution >= 0.6 is 15.9 Å². The molecule has 0 aliphatic carbocycles. The number of sulfonamides is 1. The molecular formula is C16H24BrN5O3S. The summed E-state index contributed by atoms with van der Waals surface area (Å²) >= 11 is 3.56. The van der Waals surface area contributed by atoms with Crippen molar-refractivity contribution in [1.82, 2.24) is 10.0 Å². The molecule has 1 aliphatic rings. The second-order valence-corrected chi connectivity index (χ2v) is 8.85. The number of aliphatic hydroxyl groups excluding tert-OH is 1. The monoisotopic (exact) mass is 445 g/mol. The average molecular weight is 446 g/mol. The number of unbranched alkanes of at least 4 members (excludes halogenated alkanes) is 1. The highest BCUT2D eigenvalue weighted by molar-refractivity contribution is 9.10. The molecule has 0 fully saturated rings. The van der Waals surface area contributed by atoms with Crippen molar-refractivity contribution in [2.45, 2.75) is 35.2 Å². The summed E-state index contributed by atoms with van der Waals surface area (Å²) in [6.45, 7) is 2.86. The van der Waals surface area contributed by atoms with Crippen molar-refractivity contribution < 1.29 is 13.5 Å². The summed E-state index contributed by atoms with van der Waals surface area (Å²) in [6, 6.07) is 6.35. The topological polar surface area (TPSA) is 115 Å². The molecule has 0 amide bonds. The highest BCUT2D eigenvalue weighted by Crippen LogP contribution is 2.23. The van der Waals surface area contributed by atoms with Crippen LogP contribution in [0.25, 0.3) is 0 Å². The molecule has 10 heteroatoms. The van der Waals surface area contributed by atoms with E-state index < -0.39 is 15.7 Å². The van der Waals surface area contributed by atoms with Gasteiger partial charge in [-0.25, -0.2) is 23.1 Å². The third-order valence-corrected chi connectivity index (χ3v) is 6.52. The lowest BCUT2D eigenvalue weighted by atomic mass is 10.1. The Morgan fingerprint density at radius 2 is 1.96 bits per heavy atom. The molecule has 1 aliphatic heterocycles. The minimum absolute atomic E-state index is 0.0715. The van der Waals surface area contributed by atoms with E-state index in [1.165, 1.54) is 19.2 Å². The van der Waals surface area contributed by atoms with Crippen molar-refractivity contribution in [3.63, 3.8) is 0 Å². The SMILES string of the molecule is CNS(=O)(=O)c1ccc(NC2=NC(C)(NCCCCO)C(Br)C=N2)cc1. The fourth-order valence-electron chi connectivity index (χ4n) is 2.33. The number of rotatable bonds is 8. The smallest absolute Gasteiger partial charge is 0.240 e. The summed E-state index contributed by atoms with van der Waals surface area (Å²) in [6.07, 6.45) is 3.34. The predicted octanol–water partition coefficient (Wildman–Crippen LogP) is 1.29. The van der Waals surface area contributed by atoms with Gasteiger partial charge in [-0.1, -0.05) is 15.9 Å². The number of hydrogen-bond donors (Lipinski definition) is 4. The first-order chi connectivity index (χ1) is 12.3. The van der Waals surface area contributed by atoms with Gasteiger partial charge in [0.05, 0.1) is 9.72 Å². The van der Waals surface area contributed by atoms with Gasteiger partial charge in [0, 0.05) is 18.5 Å². The molecule has 26 heavy (non-hydrogen) atoms. The van der Waals surface area contributed by atoms with Crippen LogP contribution in [0.4, 0.5) is 5.69 Å². The Kier molecular flexibility index (Phi) is 7.30. The third-order valence-electron chi connectivity index (χ3n) is 3.96. The van der Waals surface area contributed by atoms with Gasteiger partial charge >= 0.3 is 0 Å². The van der Waals surface area contributed by atoms with Crippen LogP contribution in [0, 0.1) is 0 Å². The van der Waals surface area contributed by atoms with E-state index in [0.717, 1.165) is 19.4 Å². The summed E-state index contributed by atoms with van der Waals surface area (Å²) in [5, 5.41) is 15.3. The van der Waals surface area contributed by atoms with Gasteiger partial charge < -0.3 is 10.4 Å². The van der Waals surface area contributed by atoms with Crippen molar-refractivity contribution >= 4 is 43.8 Å². The fourth-order valence-corrected chi connectivity index (χ4v) is 3.44. The number of hydrogen-bond acceptors (Lipinski definition) is 7. The molecule has 0 radical (unpaired) electrons. The molecule has 2 atom stereocenters. The number of benzene rings is 1. The first-order valence-corrected chi connectivity index (χ1v) is 10.7.